The molecule has 0 saturated carbocycles. The molecule has 0 spiro atoms. The normalized spacial score (nSPS) is 14.4. The van der Waals surface area contributed by atoms with Gasteiger partial charge in [0.1, 0.15) is 12.2 Å². The van der Waals surface area contributed by atoms with Gasteiger partial charge in [-0.2, -0.15) is 8.42 Å². The third kappa shape index (κ3) is 14.5. The average Bonchev–Trinajstić information content (AvgIpc) is 2.63. The summed E-state index contributed by atoms with van der Waals surface area (Å²) in [6.07, 6.45) is 6.76. The second-order valence-electron chi connectivity index (χ2n) is 7.19. The number of hydrogen-bond donors (Lipinski definition) is 1. The molecule has 0 rings (SSSR count). The Hall–Kier alpha value is -0.150. The van der Waals surface area contributed by atoms with Gasteiger partial charge >= 0.3 is 41.5 Å². The minimum atomic E-state index is -4.78. The van der Waals surface area contributed by atoms with Crippen LogP contribution in [-0.2, 0) is 29.2 Å². The van der Waals surface area contributed by atoms with Gasteiger partial charge in [0, 0.05) is 0 Å². The molecule has 0 aliphatic carbocycles. The van der Waals surface area contributed by atoms with Crippen molar-refractivity contribution >= 4 is 22.1 Å². The SMILES string of the molecule is CCCCCC(CC)OC(=O)CC(C(=O)OC(CC)CCCCC)S(=O)(=O)O.[H-].[Na+]. The number of rotatable bonds is 16. The molecule has 9 heteroatoms. The van der Waals surface area contributed by atoms with E-state index in [1.54, 1.807) is 0 Å². The van der Waals surface area contributed by atoms with Crippen LogP contribution in [0.3, 0.4) is 0 Å². The maximum atomic E-state index is 12.3. The maximum Gasteiger partial charge on any atom is 1.00 e. The van der Waals surface area contributed by atoms with Crippen LogP contribution in [0.1, 0.15) is 99.8 Å². The first kappa shape index (κ1) is 31.0. The van der Waals surface area contributed by atoms with E-state index in [2.05, 4.69) is 13.8 Å². The second-order valence-corrected chi connectivity index (χ2v) is 8.79. The van der Waals surface area contributed by atoms with Crippen molar-refractivity contribution < 1.29 is 63.0 Å². The predicted octanol–water partition coefficient (Wildman–Crippen LogP) is 1.55. The summed E-state index contributed by atoms with van der Waals surface area (Å²) in [5, 5.41) is -1.95. The number of unbranched alkanes of at least 4 members (excludes halogenated alkanes) is 4. The second kappa shape index (κ2) is 17.5. The molecule has 0 aromatic rings. The molecule has 0 heterocycles. The molecule has 1 N–H and O–H groups in total. The van der Waals surface area contributed by atoms with Crippen LogP contribution in [0.2, 0.25) is 0 Å². The van der Waals surface area contributed by atoms with E-state index >= 15 is 0 Å². The summed E-state index contributed by atoms with van der Waals surface area (Å²) >= 11 is 0. The number of esters is 2. The molecule has 0 fully saturated rings. The fourth-order valence-electron chi connectivity index (χ4n) is 2.87. The first-order valence-electron chi connectivity index (χ1n) is 10.6. The zero-order valence-corrected chi connectivity index (χ0v) is 21.6. The Morgan fingerprint density at radius 3 is 1.69 bits per heavy atom. The number of carbonyl (C=O) groups excluding carboxylic acids is 2. The van der Waals surface area contributed by atoms with Gasteiger partial charge in [0.15, 0.2) is 5.25 Å². The Kier molecular flexibility index (Phi) is 18.8. The third-order valence-corrected chi connectivity index (χ3v) is 5.80. The van der Waals surface area contributed by atoms with Gasteiger partial charge in [-0.25, -0.2) is 0 Å². The van der Waals surface area contributed by atoms with Crippen LogP contribution < -0.4 is 29.6 Å². The van der Waals surface area contributed by atoms with Gasteiger partial charge in [-0.3, -0.25) is 14.1 Å². The van der Waals surface area contributed by atoms with Gasteiger partial charge in [-0.1, -0.05) is 53.4 Å². The molecule has 29 heavy (non-hydrogen) atoms. The van der Waals surface area contributed by atoms with Gasteiger partial charge in [0.2, 0.25) is 0 Å². The van der Waals surface area contributed by atoms with Crippen LogP contribution >= 0.6 is 0 Å². The summed E-state index contributed by atoms with van der Waals surface area (Å²) < 4.78 is 43.3. The molecule has 0 aromatic heterocycles. The van der Waals surface area contributed by atoms with E-state index in [1.165, 1.54) is 0 Å². The van der Waals surface area contributed by atoms with E-state index < -0.39 is 39.8 Å². The monoisotopic (exact) mass is 446 g/mol. The summed E-state index contributed by atoms with van der Waals surface area (Å²) in [5.74, 6) is -1.91. The molecular weight excluding hydrogens is 407 g/mol. The van der Waals surface area contributed by atoms with Gasteiger partial charge in [0.05, 0.1) is 6.42 Å². The fraction of sp³-hybridized carbons (Fsp3) is 0.900. The van der Waals surface area contributed by atoms with Crippen LogP contribution in [0.25, 0.3) is 0 Å². The molecular formula is C20H39NaO7S. The molecule has 0 radical (unpaired) electrons. The molecule has 0 saturated heterocycles. The number of carbonyl (C=O) groups is 2. The predicted molar refractivity (Wildman–Crippen MR) is 110 cm³/mol. The van der Waals surface area contributed by atoms with Gasteiger partial charge in [-0.05, 0) is 38.5 Å². The van der Waals surface area contributed by atoms with Crippen LogP contribution in [0.15, 0.2) is 0 Å². The van der Waals surface area contributed by atoms with Crippen LogP contribution in [0.5, 0.6) is 0 Å². The quantitative estimate of drug-likeness (QED) is 0.166. The molecule has 3 unspecified atom stereocenters. The molecule has 0 bridgehead atoms. The largest absolute Gasteiger partial charge is 1.00 e. The van der Waals surface area contributed by atoms with Gasteiger partial charge < -0.3 is 10.9 Å². The Bertz CT molecular complexity index is 557. The van der Waals surface area contributed by atoms with Crippen molar-refractivity contribution in [3.63, 3.8) is 0 Å². The van der Waals surface area contributed by atoms with Crippen molar-refractivity contribution in [1.82, 2.24) is 0 Å². The molecule has 0 aromatic carbocycles. The number of ether oxygens (including phenoxy) is 2. The van der Waals surface area contributed by atoms with Crippen molar-refractivity contribution in [3.8, 4) is 0 Å². The summed E-state index contributed by atoms with van der Waals surface area (Å²) in [6, 6.07) is 0. The Morgan fingerprint density at radius 1 is 0.862 bits per heavy atom. The average molecular weight is 447 g/mol. The van der Waals surface area contributed by atoms with Crippen molar-refractivity contribution in [3.05, 3.63) is 0 Å². The van der Waals surface area contributed by atoms with Crippen molar-refractivity contribution in [2.45, 2.75) is 116 Å². The minimum absolute atomic E-state index is 0. The first-order valence-corrected chi connectivity index (χ1v) is 12.1. The van der Waals surface area contributed by atoms with Crippen molar-refractivity contribution in [2.24, 2.45) is 0 Å². The zero-order chi connectivity index (χ0) is 21.6. The van der Waals surface area contributed by atoms with Crippen molar-refractivity contribution in [1.29, 1.82) is 0 Å². The van der Waals surface area contributed by atoms with Crippen LogP contribution in [0.4, 0.5) is 0 Å². The van der Waals surface area contributed by atoms with Crippen molar-refractivity contribution in [2.75, 3.05) is 0 Å². The summed E-state index contributed by atoms with van der Waals surface area (Å²) in [4.78, 5) is 24.5. The standard InChI is InChI=1S/C20H38O7S.Na.H/c1-5-9-11-13-16(7-3)26-19(21)15-18(28(23,24)25)20(22)27-17(8-4)14-12-10-6-2;;/h16-18H,5-15H2,1-4H3,(H,23,24,25);;/q;+1;-1. The first-order chi connectivity index (χ1) is 13.2. The molecule has 3 atom stereocenters. The van der Waals surface area contributed by atoms with E-state index in [0.29, 0.717) is 25.7 Å². The third-order valence-electron chi connectivity index (χ3n) is 4.73. The molecule has 0 aliphatic heterocycles. The van der Waals surface area contributed by atoms with E-state index in [0.717, 1.165) is 38.5 Å². The van der Waals surface area contributed by atoms with E-state index in [-0.39, 0.29) is 37.1 Å². The Balaban J connectivity index is -0.00000364. The fourth-order valence-corrected chi connectivity index (χ4v) is 3.52. The molecule has 7 nitrogen and oxygen atoms in total. The zero-order valence-electron chi connectivity index (χ0n) is 19.8. The molecule has 168 valence electrons. The van der Waals surface area contributed by atoms with Gasteiger partial charge in [-0.15, -0.1) is 0 Å². The van der Waals surface area contributed by atoms with E-state index in [1.807, 2.05) is 13.8 Å². The summed E-state index contributed by atoms with van der Waals surface area (Å²) in [6.45, 7) is 7.84. The number of hydrogen-bond acceptors (Lipinski definition) is 6. The summed E-state index contributed by atoms with van der Waals surface area (Å²) in [7, 11) is -4.78. The smallest absolute Gasteiger partial charge is 1.00 e. The van der Waals surface area contributed by atoms with Crippen LogP contribution in [-0.4, -0.2) is 42.4 Å². The minimum Gasteiger partial charge on any atom is -1.00 e. The maximum absolute atomic E-state index is 12.3. The van der Waals surface area contributed by atoms with E-state index in [4.69, 9.17) is 9.47 Å². The van der Waals surface area contributed by atoms with Crippen LogP contribution in [0, 0.1) is 0 Å². The molecule has 0 amide bonds. The summed E-state index contributed by atoms with van der Waals surface area (Å²) in [5.41, 5.74) is 0. The Morgan fingerprint density at radius 2 is 1.31 bits per heavy atom. The van der Waals surface area contributed by atoms with E-state index in [9.17, 15) is 22.6 Å². The van der Waals surface area contributed by atoms with Gasteiger partial charge in [0.25, 0.3) is 10.1 Å². The molecule has 0 aliphatic rings. The Labute approximate surface area is 200 Å². The topological polar surface area (TPSA) is 107 Å².